The summed E-state index contributed by atoms with van der Waals surface area (Å²) in [7, 11) is 0. The van der Waals surface area contributed by atoms with Gasteiger partial charge in [0.25, 0.3) is 5.91 Å². The minimum atomic E-state index is -0.305. The highest BCUT2D eigenvalue weighted by molar-refractivity contribution is 5.94. The van der Waals surface area contributed by atoms with E-state index in [2.05, 4.69) is 15.6 Å². The zero-order valence-corrected chi connectivity index (χ0v) is 15.1. The van der Waals surface area contributed by atoms with Crippen molar-refractivity contribution in [2.45, 2.75) is 62.4 Å². The number of ether oxygens (including phenoxy) is 1. The quantitative estimate of drug-likeness (QED) is 0.683. The molecule has 4 aliphatic heterocycles. The molecule has 0 saturated carbocycles. The molecule has 3 amide bonds. The molecule has 8 heteroatoms. The molecule has 5 atom stereocenters. The molecule has 0 aromatic carbocycles. The highest BCUT2D eigenvalue weighted by Crippen LogP contribution is 2.48. The smallest absolute Gasteiger partial charge is 0.317 e. The summed E-state index contributed by atoms with van der Waals surface area (Å²) in [4.78, 5) is 41.2. The van der Waals surface area contributed by atoms with Crippen molar-refractivity contribution in [1.29, 1.82) is 0 Å². The molecular weight excluding hydrogens is 348 g/mol. The standard InChI is InChI=1S/C19H24N4O4/c24-15-6-3-11(10-20-15)17(25)23-12-4-5-13(23)9-19(8-12)14-2-1-7-27-16(14)21-18(26)22-19/h3,6,10,12-14,16H,1-2,4-5,7-9H2,(H,20,24)(H2,21,22,26)/t12-,13+,14-,16+,19?/m1/s1. The van der Waals surface area contributed by atoms with Crippen molar-refractivity contribution in [3.05, 3.63) is 34.2 Å². The summed E-state index contributed by atoms with van der Waals surface area (Å²) in [5, 5.41) is 6.14. The van der Waals surface area contributed by atoms with Crippen molar-refractivity contribution in [3.8, 4) is 0 Å². The molecule has 1 spiro atoms. The summed E-state index contributed by atoms with van der Waals surface area (Å²) in [6, 6.07) is 3.01. The number of nitrogens with one attached hydrogen (secondary N) is 3. The van der Waals surface area contributed by atoms with Crippen LogP contribution in [0, 0.1) is 5.92 Å². The number of carbonyl (C=O) groups is 2. The van der Waals surface area contributed by atoms with Crippen LogP contribution >= 0.6 is 0 Å². The zero-order chi connectivity index (χ0) is 18.6. The predicted molar refractivity (Wildman–Crippen MR) is 96.1 cm³/mol. The summed E-state index contributed by atoms with van der Waals surface area (Å²) >= 11 is 0. The third kappa shape index (κ3) is 2.65. The summed E-state index contributed by atoms with van der Waals surface area (Å²) in [5.41, 5.74) is -0.00958. The summed E-state index contributed by atoms with van der Waals surface area (Å²) in [5.74, 6) is 0.197. The van der Waals surface area contributed by atoms with Gasteiger partial charge in [0.1, 0.15) is 6.23 Å². The molecule has 1 unspecified atom stereocenters. The van der Waals surface area contributed by atoms with E-state index in [1.54, 1.807) is 6.07 Å². The molecule has 144 valence electrons. The van der Waals surface area contributed by atoms with E-state index in [4.69, 9.17) is 4.74 Å². The van der Waals surface area contributed by atoms with Gasteiger partial charge in [0, 0.05) is 36.9 Å². The maximum absolute atomic E-state index is 13.1. The number of hydrogen-bond donors (Lipinski definition) is 3. The van der Waals surface area contributed by atoms with Gasteiger partial charge in [0.2, 0.25) is 5.56 Å². The lowest BCUT2D eigenvalue weighted by atomic mass is 9.69. The van der Waals surface area contributed by atoms with E-state index in [1.165, 1.54) is 12.3 Å². The van der Waals surface area contributed by atoms with Crippen molar-refractivity contribution < 1.29 is 14.3 Å². The topological polar surface area (TPSA) is 104 Å². The van der Waals surface area contributed by atoms with Crippen LogP contribution in [-0.2, 0) is 4.74 Å². The van der Waals surface area contributed by atoms with Crippen molar-refractivity contribution in [2.75, 3.05) is 6.61 Å². The van der Waals surface area contributed by atoms with Crippen molar-refractivity contribution in [2.24, 2.45) is 5.92 Å². The molecule has 4 aliphatic rings. The van der Waals surface area contributed by atoms with Gasteiger partial charge in [-0.15, -0.1) is 0 Å². The van der Waals surface area contributed by atoms with Gasteiger partial charge < -0.3 is 25.3 Å². The Balaban J connectivity index is 1.42. The molecule has 3 N–H and O–H groups in total. The number of hydrogen-bond acceptors (Lipinski definition) is 4. The summed E-state index contributed by atoms with van der Waals surface area (Å²) < 4.78 is 5.84. The molecule has 4 saturated heterocycles. The molecule has 0 radical (unpaired) electrons. The van der Waals surface area contributed by atoms with Gasteiger partial charge in [-0.2, -0.15) is 0 Å². The summed E-state index contributed by atoms with van der Waals surface area (Å²) in [6.07, 6.45) is 6.69. The van der Waals surface area contributed by atoms with Crippen LogP contribution in [0.5, 0.6) is 0 Å². The van der Waals surface area contributed by atoms with Crippen molar-refractivity contribution >= 4 is 11.9 Å². The van der Waals surface area contributed by atoms with E-state index in [0.717, 1.165) is 38.5 Å². The van der Waals surface area contributed by atoms with Crippen molar-refractivity contribution in [3.63, 3.8) is 0 Å². The largest absolute Gasteiger partial charge is 0.358 e. The first-order valence-corrected chi connectivity index (χ1v) is 9.77. The minimum Gasteiger partial charge on any atom is -0.358 e. The molecule has 5 heterocycles. The Morgan fingerprint density at radius 3 is 2.63 bits per heavy atom. The molecule has 1 aromatic rings. The molecule has 2 bridgehead atoms. The van der Waals surface area contributed by atoms with Crippen LogP contribution in [0.4, 0.5) is 4.79 Å². The number of carbonyl (C=O) groups excluding carboxylic acids is 2. The van der Waals surface area contributed by atoms with Gasteiger partial charge in [-0.05, 0) is 44.6 Å². The number of aromatic amines is 1. The molecule has 27 heavy (non-hydrogen) atoms. The Bertz CT molecular complexity index is 803. The maximum Gasteiger partial charge on any atom is 0.317 e. The highest BCUT2D eigenvalue weighted by Gasteiger charge is 2.57. The van der Waals surface area contributed by atoms with Gasteiger partial charge in [-0.3, -0.25) is 9.59 Å². The SMILES string of the molecule is O=C1N[C@H]2OCCC[C@H]2C2(C[C@H]3CC[C@@H](C2)N3C(=O)c2ccc(=O)[nH]c2)N1. The maximum atomic E-state index is 13.1. The van der Waals surface area contributed by atoms with Crippen LogP contribution in [0.15, 0.2) is 23.1 Å². The van der Waals surface area contributed by atoms with Gasteiger partial charge >= 0.3 is 6.03 Å². The van der Waals surface area contributed by atoms with Gasteiger partial charge in [0.05, 0.1) is 11.1 Å². The van der Waals surface area contributed by atoms with Crippen LogP contribution in [-0.4, -0.2) is 52.3 Å². The number of H-pyrrole nitrogens is 1. The summed E-state index contributed by atoms with van der Waals surface area (Å²) in [6.45, 7) is 0.682. The number of fused-ring (bicyclic) bond motifs is 4. The number of rotatable bonds is 1. The number of piperidine rings is 1. The third-order valence-corrected chi connectivity index (χ3v) is 6.75. The first-order chi connectivity index (χ1) is 13.1. The Labute approximate surface area is 156 Å². The number of urea groups is 1. The van der Waals surface area contributed by atoms with Crippen LogP contribution in [0.25, 0.3) is 0 Å². The fourth-order valence-electron chi connectivity index (χ4n) is 5.69. The Kier molecular flexibility index (Phi) is 3.79. The average Bonchev–Trinajstić information content (AvgIpc) is 2.93. The fourth-order valence-corrected chi connectivity index (χ4v) is 5.69. The third-order valence-electron chi connectivity index (χ3n) is 6.75. The van der Waals surface area contributed by atoms with E-state index in [9.17, 15) is 14.4 Å². The number of pyridine rings is 1. The average molecular weight is 372 g/mol. The monoisotopic (exact) mass is 372 g/mol. The lowest BCUT2D eigenvalue weighted by Gasteiger charge is -2.55. The van der Waals surface area contributed by atoms with E-state index >= 15 is 0 Å². The second-order valence-electron chi connectivity index (χ2n) is 8.24. The Morgan fingerprint density at radius 1 is 1.15 bits per heavy atom. The molecule has 0 aliphatic carbocycles. The molecule has 8 nitrogen and oxygen atoms in total. The molecule has 4 fully saturated rings. The van der Waals surface area contributed by atoms with E-state index in [-0.39, 0.29) is 47.3 Å². The fraction of sp³-hybridized carbons (Fsp3) is 0.632. The van der Waals surface area contributed by atoms with Crippen LogP contribution < -0.4 is 16.2 Å². The van der Waals surface area contributed by atoms with E-state index in [1.807, 2.05) is 4.90 Å². The van der Waals surface area contributed by atoms with Crippen LogP contribution in [0.3, 0.4) is 0 Å². The van der Waals surface area contributed by atoms with E-state index < -0.39 is 0 Å². The second-order valence-corrected chi connectivity index (χ2v) is 8.24. The normalized spacial score (nSPS) is 37.5. The van der Waals surface area contributed by atoms with Gasteiger partial charge in [0.15, 0.2) is 0 Å². The number of amides is 3. The van der Waals surface area contributed by atoms with E-state index in [0.29, 0.717) is 12.2 Å². The Hall–Kier alpha value is -2.35. The van der Waals surface area contributed by atoms with Gasteiger partial charge in [-0.25, -0.2) is 4.79 Å². The van der Waals surface area contributed by atoms with Crippen molar-refractivity contribution in [1.82, 2.24) is 20.5 Å². The second kappa shape index (κ2) is 6.09. The first-order valence-electron chi connectivity index (χ1n) is 9.77. The molecule has 1 aromatic heterocycles. The molecular formula is C19H24N4O4. The number of nitrogens with zero attached hydrogens (tertiary/aromatic N) is 1. The Morgan fingerprint density at radius 2 is 1.93 bits per heavy atom. The van der Waals surface area contributed by atoms with Gasteiger partial charge in [-0.1, -0.05) is 0 Å². The van der Waals surface area contributed by atoms with Crippen LogP contribution in [0.2, 0.25) is 0 Å². The lowest BCUT2D eigenvalue weighted by Crippen LogP contribution is -2.73. The zero-order valence-electron chi connectivity index (χ0n) is 15.1. The predicted octanol–water partition coefficient (Wildman–Crippen LogP) is 0.946. The minimum absolute atomic E-state index is 0.0368. The highest BCUT2D eigenvalue weighted by atomic mass is 16.5. The lowest BCUT2D eigenvalue weighted by molar-refractivity contribution is -0.0992. The number of aromatic nitrogens is 1. The first kappa shape index (κ1) is 16.8. The molecule has 5 rings (SSSR count). The van der Waals surface area contributed by atoms with Crippen LogP contribution in [0.1, 0.15) is 48.9 Å².